The Hall–Kier alpha value is -0.290. The Kier molecular flexibility index (Phi) is 4.22. The molecule has 18 heavy (non-hydrogen) atoms. The van der Waals surface area contributed by atoms with Crippen LogP contribution in [0.2, 0.25) is 0 Å². The zero-order valence-corrected chi connectivity index (χ0v) is 13.7. The third kappa shape index (κ3) is 2.52. The van der Waals surface area contributed by atoms with E-state index in [9.17, 15) is 0 Å². The van der Waals surface area contributed by atoms with Gasteiger partial charge in [0.1, 0.15) is 0 Å². The first kappa shape index (κ1) is 14.1. The van der Waals surface area contributed by atoms with Gasteiger partial charge in [-0.3, -0.25) is 0 Å². The van der Waals surface area contributed by atoms with Crippen LogP contribution in [0.25, 0.3) is 0 Å². The highest BCUT2D eigenvalue weighted by molar-refractivity contribution is 14.1. The van der Waals surface area contributed by atoms with Crippen LogP contribution in [0.5, 0.6) is 0 Å². The van der Waals surface area contributed by atoms with Crippen LogP contribution in [0.15, 0.2) is 18.2 Å². The molecule has 0 aliphatic heterocycles. The number of benzene rings is 1. The van der Waals surface area contributed by atoms with Crippen molar-refractivity contribution >= 4 is 28.3 Å². The summed E-state index contributed by atoms with van der Waals surface area (Å²) in [5.74, 6) is 0. The van der Waals surface area contributed by atoms with E-state index in [0.29, 0.717) is 12.1 Å². The molecular formula is C15H22INO. The molecule has 1 saturated carbocycles. The Labute approximate surface area is 124 Å². The van der Waals surface area contributed by atoms with Gasteiger partial charge in [-0.1, -0.05) is 19.9 Å². The minimum Gasteiger partial charge on any atom is -0.381 e. The first-order chi connectivity index (χ1) is 8.46. The Morgan fingerprint density at radius 3 is 2.78 bits per heavy atom. The Balaban J connectivity index is 2.06. The van der Waals surface area contributed by atoms with Crippen LogP contribution >= 0.6 is 22.6 Å². The molecule has 1 fully saturated rings. The highest BCUT2D eigenvalue weighted by Gasteiger charge is 2.48. The lowest BCUT2D eigenvalue weighted by molar-refractivity contribution is -0.0976. The van der Waals surface area contributed by atoms with E-state index in [1.54, 1.807) is 0 Å². The van der Waals surface area contributed by atoms with Crippen molar-refractivity contribution in [1.82, 2.24) is 0 Å². The maximum Gasteiger partial charge on any atom is 0.0665 e. The lowest BCUT2D eigenvalue weighted by Gasteiger charge is -2.52. The minimum absolute atomic E-state index is 0.212. The molecule has 1 N–H and O–H groups in total. The van der Waals surface area contributed by atoms with Gasteiger partial charge in [-0.25, -0.2) is 0 Å². The summed E-state index contributed by atoms with van der Waals surface area (Å²) < 4.78 is 7.09. The molecule has 2 unspecified atom stereocenters. The van der Waals surface area contributed by atoms with Crippen LogP contribution in [-0.2, 0) is 4.74 Å². The molecule has 3 heteroatoms. The molecule has 0 amide bonds. The van der Waals surface area contributed by atoms with Gasteiger partial charge in [0, 0.05) is 27.3 Å². The van der Waals surface area contributed by atoms with Gasteiger partial charge in [0.15, 0.2) is 0 Å². The van der Waals surface area contributed by atoms with Crippen LogP contribution in [0.4, 0.5) is 5.69 Å². The fourth-order valence-electron chi connectivity index (χ4n) is 2.57. The summed E-state index contributed by atoms with van der Waals surface area (Å²) in [6.07, 6.45) is 1.49. The standard InChI is InChI=1S/C15H22INO/c1-5-18-14-9-13(15(14,3)4)17-12-8-6-7-11(16)10(12)2/h6-8,13-14,17H,5,9H2,1-4H3. The van der Waals surface area contributed by atoms with Crippen molar-refractivity contribution in [3.05, 3.63) is 27.3 Å². The van der Waals surface area contributed by atoms with Crippen molar-refractivity contribution in [3.63, 3.8) is 0 Å². The molecule has 0 bridgehead atoms. The summed E-state index contributed by atoms with van der Waals surface area (Å²) in [7, 11) is 0. The second kappa shape index (κ2) is 5.37. The second-order valence-corrected chi connectivity index (χ2v) is 6.77. The quantitative estimate of drug-likeness (QED) is 0.813. The van der Waals surface area contributed by atoms with Crippen molar-refractivity contribution in [2.45, 2.75) is 46.3 Å². The summed E-state index contributed by atoms with van der Waals surface area (Å²) in [5.41, 5.74) is 2.81. The average molecular weight is 359 g/mol. The number of halogens is 1. The van der Waals surface area contributed by atoms with Gasteiger partial charge in [0.25, 0.3) is 0 Å². The lowest BCUT2D eigenvalue weighted by atomic mass is 9.64. The second-order valence-electron chi connectivity index (χ2n) is 5.61. The average Bonchev–Trinajstić information content (AvgIpc) is 2.33. The fourth-order valence-corrected chi connectivity index (χ4v) is 3.06. The molecule has 2 atom stereocenters. The number of hydrogen-bond donors (Lipinski definition) is 1. The summed E-state index contributed by atoms with van der Waals surface area (Å²) in [6.45, 7) is 9.63. The van der Waals surface area contributed by atoms with Gasteiger partial charge < -0.3 is 10.1 Å². The van der Waals surface area contributed by atoms with Gasteiger partial charge >= 0.3 is 0 Å². The van der Waals surface area contributed by atoms with Crippen LogP contribution in [0.3, 0.4) is 0 Å². The molecular weight excluding hydrogens is 337 g/mol. The molecule has 0 spiro atoms. The molecule has 0 radical (unpaired) electrons. The van der Waals surface area contributed by atoms with E-state index in [2.05, 4.69) is 73.8 Å². The van der Waals surface area contributed by atoms with E-state index in [0.717, 1.165) is 13.0 Å². The maximum atomic E-state index is 5.77. The Morgan fingerprint density at radius 1 is 1.44 bits per heavy atom. The molecule has 0 heterocycles. The van der Waals surface area contributed by atoms with Crippen molar-refractivity contribution in [1.29, 1.82) is 0 Å². The summed E-state index contributed by atoms with van der Waals surface area (Å²) in [5, 5.41) is 3.68. The number of anilines is 1. The highest BCUT2D eigenvalue weighted by atomic mass is 127. The van der Waals surface area contributed by atoms with Crippen molar-refractivity contribution in [2.24, 2.45) is 5.41 Å². The molecule has 1 aromatic rings. The largest absolute Gasteiger partial charge is 0.381 e. The molecule has 100 valence electrons. The van der Waals surface area contributed by atoms with E-state index in [4.69, 9.17) is 4.74 Å². The van der Waals surface area contributed by atoms with E-state index in [1.807, 2.05) is 0 Å². The van der Waals surface area contributed by atoms with Gasteiger partial charge in [-0.05, 0) is 60.6 Å². The van der Waals surface area contributed by atoms with Gasteiger partial charge in [-0.2, -0.15) is 0 Å². The molecule has 1 aliphatic carbocycles. The maximum absolute atomic E-state index is 5.77. The van der Waals surface area contributed by atoms with Crippen molar-refractivity contribution in [3.8, 4) is 0 Å². The normalized spacial score (nSPS) is 25.6. The minimum atomic E-state index is 0.212. The molecule has 2 nitrogen and oxygen atoms in total. The van der Waals surface area contributed by atoms with Crippen molar-refractivity contribution < 1.29 is 4.74 Å². The summed E-state index contributed by atoms with van der Waals surface area (Å²) in [6, 6.07) is 6.94. The fraction of sp³-hybridized carbons (Fsp3) is 0.600. The zero-order chi connectivity index (χ0) is 13.3. The summed E-state index contributed by atoms with van der Waals surface area (Å²) >= 11 is 2.39. The molecule has 1 aromatic carbocycles. The highest BCUT2D eigenvalue weighted by Crippen LogP contribution is 2.44. The molecule has 2 rings (SSSR count). The number of hydrogen-bond acceptors (Lipinski definition) is 2. The predicted molar refractivity (Wildman–Crippen MR) is 85.1 cm³/mol. The monoisotopic (exact) mass is 359 g/mol. The van der Waals surface area contributed by atoms with E-state index in [1.165, 1.54) is 14.8 Å². The smallest absolute Gasteiger partial charge is 0.0665 e. The third-order valence-electron chi connectivity index (χ3n) is 4.14. The number of ether oxygens (including phenoxy) is 1. The molecule has 0 aromatic heterocycles. The van der Waals surface area contributed by atoms with E-state index >= 15 is 0 Å². The number of rotatable bonds is 4. The van der Waals surface area contributed by atoms with Gasteiger partial charge in [0.05, 0.1) is 6.10 Å². The third-order valence-corrected chi connectivity index (χ3v) is 5.31. The first-order valence-corrected chi connectivity index (χ1v) is 7.68. The van der Waals surface area contributed by atoms with Crippen molar-refractivity contribution in [2.75, 3.05) is 11.9 Å². The molecule has 0 saturated heterocycles. The Bertz CT molecular complexity index is 431. The first-order valence-electron chi connectivity index (χ1n) is 6.60. The topological polar surface area (TPSA) is 21.3 Å². The SMILES string of the molecule is CCOC1CC(Nc2cccc(I)c2C)C1(C)C. The van der Waals surface area contributed by atoms with E-state index < -0.39 is 0 Å². The van der Waals surface area contributed by atoms with Crippen LogP contribution < -0.4 is 5.32 Å². The number of nitrogens with one attached hydrogen (secondary N) is 1. The Morgan fingerprint density at radius 2 is 2.17 bits per heavy atom. The summed E-state index contributed by atoms with van der Waals surface area (Å²) in [4.78, 5) is 0. The molecule has 1 aliphatic rings. The van der Waals surface area contributed by atoms with E-state index in [-0.39, 0.29) is 5.41 Å². The predicted octanol–water partition coefficient (Wildman–Crippen LogP) is 4.22. The van der Waals surface area contributed by atoms with Crippen LogP contribution in [0, 0.1) is 15.9 Å². The van der Waals surface area contributed by atoms with Gasteiger partial charge in [0.2, 0.25) is 0 Å². The zero-order valence-electron chi connectivity index (χ0n) is 11.6. The van der Waals surface area contributed by atoms with Crippen LogP contribution in [-0.4, -0.2) is 18.8 Å². The van der Waals surface area contributed by atoms with Crippen LogP contribution in [0.1, 0.15) is 32.8 Å². The lowest BCUT2D eigenvalue weighted by Crippen LogP contribution is -2.58. The van der Waals surface area contributed by atoms with Gasteiger partial charge in [-0.15, -0.1) is 0 Å².